The third-order valence-electron chi connectivity index (χ3n) is 4.22. The number of fused-ring (bicyclic) bond motifs is 1. The fourth-order valence-electron chi connectivity index (χ4n) is 2.46. The van der Waals surface area contributed by atoms with Crippen LogP contribution in [0.3, 0.4) is 0 Å². The molecule has 0 aliphatic rings. The summed E-state index contributed by atoms with van der Waals surface area (Å²) < 4.78 is 0. The highest BCUT2D eigenvalue weighted by Gasteiger charge is 2.09. The SMILES string of the molecule is CCC(C)(C)/C=C/CN(C)Cc1cccc2ccccc12. The van der Waals surface area contributed by atoms with E-state index < -0.39 is 0 Å². The minimum absolute atomic E-state index is 0.306. The van der Waals surface area contributed by atoms with Gasteiger partial charge in [-0.15, -0.1) is 0 Å². The monoisotopic (exact) mass is 281 g/mol. The molecule has 0 spiro atoms. The summed E-state index contributed by atoms with van der Waals surface area (Å²) in [5.74, 6) is 0. The lowest BCUT2D eigenvalue weighted by molar-refractivity contribution is 0.361. The molecule has 1 nitrogen and oxygen atoms in total. The molecule has 112 valence electrons. The predicted molar refractivity (Wildman–Crippen MR) is 93.5 cm³/mol. The van der Waals surface area contributed by atoms with Gasteiger partial charge in [0.2, 0.25) is 0 Å². The van der Waals surface area contributed by atoms with Crippen molar-refractivity contribution < 1.29 is 0 Å². The van der Waals surface area contributed by atoms with Gasteiger partial charge in [-0.25, -0.2) is 0 Å². The molecule has 0 aliphatic heterocycles. The summed E-state index contributed by atoms with van der Waals surface area (Å²) in [5, 5.41) is 2.69. The van der Waals surface area contributed by atoms with Gasteiger partial charge in [0.25, 0.3) is 0 Å². The summed E-state index contributed by atoms with van der Waals surface area (Å²) in [6.07, 6.45) is 5.82. The van der Waals surface area contributed by atoms with E-state index in [0.29, 0.717) is 5.41 Å². The molecule has 0 aliphatic carbocycles. The van der Waals surface area contributed by atoms with E-state index >= 15 is 0 Å². The van der Waals surface area contributed by atoms with Crippen LogP contribution in [0.2, 0.25) is 0 Å². The van der Waals surface area contributed by atoms with Crippen molar-refractivity contribution in [3.8, 4) is 0 Å². The van der Waals surface area contributed by atoms with Gasteiger partial charge < -0.3 is 0 Å². The van der Waals surface area contributed by atoms with Crippen LogP contribution in [0.5, 0.6) is 0 Å². The molecule has 0 amide bonds. The van der Waals surface area contributed by atoms with E-state index in [1.54, 1.807) is 0 Å². The molecular weight excluding hydrogens is 254 g/mol. The van der Waals surface area contributed by atoms with Crippen LogP contribution in [-0.2, 0) is 6.54 Å². The van der Waals surface area contributed by atoms with Gasteiger partial charge in [0, 0.05) is 13.1 Å². The first-order valence-electron chi connectivity index (χ1n) is 7.85. The van der Waals surface area contributed by atoms with Gasteiger partial charge in [-0.3, -0.25) is 4.90 Å². The standard InChI is InChI=1S/C20H27N/c1-5-20(2,3)14-9-15-21(4)16-18-12-8-11-17-10-6-7-13-19(17)18/h6-14H,5,15-16H2,1-4H3/b14-9+. The molecule has 21 heavy (non-hydrogen) atoms. The van der Waals surface area contributed by atoms with Crippen molar-refractivity contribution in [2.45, 2.75) is 33.7 Å². The van der Waals surface area contributed by atoms with Crippen molar-refractivity contribution in [1.82, 2.24) is 4.90 Å². The second kappa shape index (κ2) is 6.91. The highest BCUT2D eigenvalue weighted by atomic mass is 15.1. The number of likely N-dealkylation sites (N-methyl/N-ethyl adjacent to an activating group) is 1. The van der Waals surface area contributed by atoms with Crippen LogP contribution in [0, 0.1) is 5.41 Å². The van der Waals surface area contributed by atoms with Crippen LogP contribution in [0.1, 0.15) is 32.8 Å². The minimum atomic E-state index is 0.306. The number of nitrogens with zero attached hydrogens (tertiary/aromatic N) is 1. The van der Waals surface area contributed by atoms with Gasteiger partial charge in [-0.2, -0.15) is 0 Å². The first-order valence-corrected chi connectivity index (χ1v) is 7.85. The van der Waals surface area contributed by atoms with Gasteiger partial charge >= 0.3 is 0 Å². The van der Waals surface area contributed by atoms with Crippen LogP contribution < -0.4 is 0 Å². The fraction of sp³-hybridized carbons (Fsp3) is 0.400. The number of benzene rings is 2. The summed E-state index contributed by atoms with van der Waals surface area (Å²) in [7, 11) is 2.19. The molecule has 0 aromatic heterocycles. The van der Waals surface area contributed by atoms with E-state index in [-0.39, 0.29) is 0 Å². The summed E-state index contributed by atoms with van der Waals surface area (Å²) >= 11 is 0. The number of hydrogen-bond acceptors (Lipinski definition) is 1. The maximum Gasteiger partial charge on any atom is 0.0240 e. The predicted octanol–water partition coefficient (Wildman–Crippen LogP) is 5.26. The maximum atomic E-state index is 2.37. The van der Waals surface area contributed by atoms with E-state index in [2.05, 4.69) is 87.3 Å². The average molecular weight is 281 g/mol. The van der Waals surface area contributed by atoms with Gasteiger partial charge in [0.15, 0.2) is 0 Å². The molecule has 0 heterocycles. The lowest BCUT2D eigenvalue weighted by Gasteiger charge is -2.19. The molecule has 0 radical (unpaired) electrons. The van der Waals surface area contributed by atoms with Crippen LogP contribution >= 0.6 is 0 Å². The molecule has 2 rings (SSSR count). The Balaban J connectivity index is 2.03. The summed E-state index contributed by atoms with van der Waals surface area (Å²) in [6.45, 7) is 8.79. The Bertz CT molecular complexity index is 605. The molecule has 0 fully saturated rings. The van der Waals surface area contributed by atoms with E-state index in [4.69, 9.17) is 0 Å². The summed E-state index contributed by atoms with van der Waals surface area (Å²) in [5.41, 5.74) is 1.71. The van der Waals surface area contributed by atoms with Gasteiger partial charge in [-0.05, 0) is 35.2 Å². The molecular formula is C20H27N. The molecule has 2 aromatic rings. The normalized spacial score (nSPS) is 12.6. The minimum Gasteiger partial charge on any atom is -0.298 e. The molecule has 0 saturated heterocycles. The van der Waals surface area contributed by atoms with Crippen molar-refractivity contribution in [1.29, 1.82) is 0 Å². The number of hydrogen-bond donors (Lipinski definition) is 0. The van der Waals surface area contributed by atoms with Gasteiger partial charge in [0.05, 0.1) is 0 Å². The van der Waals surface area contributed by atoms with Crippen LogP contribution in [0.4, 0.5) is 0 Å². The van der Waals surface area contributed by atoms with Crippen molar-refractivity contribution in [2.24, 2.45) is 5.41 Å². The first kappa shape index (κ1) is 15.8. The Labute approximate surface area is 129 Å². The molecule has 2 aromatic carbocycles. The zero-order valence-corrected chi connectivity index (χ0v) is 13.8. The quantitative estimate of drug-likeness (QED) is 0.652. The van der Waals surface area contributed by atoms with Crippen LogP contribution in [0.25, 0.3) is 10.8 Å². The zero-order chi connectivity index (χ0) is 15.3. The van der Waals surface area contributed by atoms with Crippen molar-refractivity contribution in [3.63, 3.8) is 0 Å². The van der Waals surface area contributed by atoms with E-state index in [1.165, 1.54) is 22.8 Å². The van der Waals surface area contributed by atoms with Gasteiger partial charge in [-0.1, -0.05) is 75.4 Å². The lowest BCUT2D eigenvalue weighted by Crippen LogP contribution is -2.18. The van der Waals surface area contributed by atoms with Crippen molar-refractivity contribution in [3.05, 3.63) is 60.2 Å². The molecule has 0 saturated carbocycles. The van der Waals surface area contributed by atoms with Gasteiger partial charge in [0.1, 0.15) is 0 Å². The molecule has 0 bridgehead atoms. The number of rotatable bonds is 6. The van der Waals surface area contributed by atoms with E-state index in [0.717, 1.165) is 13.1 Å². The summed E-state index contributed by atoms with van der Waals surface area (Å²) in [6, 6.07) is 15.2. The molecule has 0 unspecified atom stereocenters. The number of allylic oxidation sites excluding steroid dienone is 1. The highest BCUT2D eigenvalue weighted by Crippen LogP contribution is 2.22. The highest BCUT2D eigenvalue weighted by molar-refractivity contribution is 5.85. The van der Waals surface area contributed by atoms with Crippen LogP contribution in [0.15, 0.2) is 54.6 Å². The first-order chi connectivity index (χ1) is 10.0. The smallest absolute Gasteiger partial charge is 0.0240 e. The Kier molecular flexibility index (Phi) is 5.19. The second-order valence-electron chi connectivity index (χ2n) is 6.58. The third kappa shape index (κ3) is 4.44. The fourth-order valence-corrected chi connectivity index (χ4v) is 2.46. The lowest BCUT2D eigenvalue weighted by atomic mass is 9.90. The summed E-state index contributed by atoms with van der Waals surface area (Å²) in [4.78, 5) is 2.37. The maximum absolute atomic E-state index is 2.37. The van der Waals surface area contributed by atoms with E-state index in [9.17, 15) is 0 Å². The zero-order valence-electron chi connectivity index (χ0n) is 13.8. The Morgan fingerprint density at radius 1 is 1.05 bits per heavy atom. The Morgan fingerprint density at radius 3 is 2.52 bits per heavy atom. The Morgan fingerprint density at radius 2 is 1.76 bits per heavy atom. The average Bonchev–Trinajstić information content (AvgIpc) is 2.47. The molecule has 1 heteroatoms. The third-order valence-corrected chi connectivity index (χ3v) is 4.22. The van der Waals surface area contributed by atoms with Crippen molar-refractivity contribution in [2.75, 3.05) is 13.6 Å². The molecule has 0 N–H and O–H groups in total. The second-order valence-corrected chi connectivity index (χ2v) is 6.58. The Hall–Kier alpha value is -1.60. The molecule has 0 atom stereocenters. The largest absolute Gasteiger partial charge is 0.298 e. The van der Waals surface area contributed by atoms with Crippen LogP contribution in [-0.4, -0.2) is 18.5 Å². The topological polar surface area (TPSA) is 3.24 Å². The van der Waals surface area contributed by atoms with E-state index in [1.807, 2.05) is 0 Å². The van der Waals surface area contributed by atoms with Crippen molar-refractivity contribution >= 4 is 10.8 Å².